The number of aliphatic hydroxyl groups is 1. The van der Waals surface area contributed by atoms with Gasteiger partial charge in [-0.25, -0.2) is 0 Å². The minimum absolute atomic E-state index is 0.180. The lowest BCUT2D eigenvalue weighted by atomic mass is 9.80. The van der Waals surface area contributed by atoms with Crippen molar-refractivity contribution in [2.24, 2.45) is 23.5 Å². The van der Waals surface area contributed by atoms with Gasteiger partial charge in [-0.1, -0.05) is 13.8 Å². The Bertz CT molecular complexity index is 970. The number of hydrogen-bond donors (Lipinski definition) is 4. The summed E-state index contributed by atoms with van der Waals surface area (Å²) in [6, 6.07) is 0. The van der Waals surface area contributed by atoms with Crippen molar-refractivity contribution in [3.63, 3.8) is 0 Å². The molecule has 262 valence electrons. The van der Waals surface area contributed by atoms with E-state index in [1.165, 1.54) is 0 Å². The summed E-state index contributed by atoms with van der Waals surface area (Å²) in [6.45, 7) is 24.4. The first kappa shape index (κ1) is 39.6. The van der Waals surface area contributed by atoms with Crippen LogP contribution in [0.3, 0.4) is 0 Å². The van der Waals surface area contributed by atoms with E-state index >= 15 is 0 Å². The van der Waals surface area contributed by atoms with Gasteiger partial charge in [0.15, 0.2) is 6.29 Å². The Balaban J connectivity index is 2.37. The Morgan fingerprint density at radius 2 is 1.38 bits per heavy atom. The minimum atomic E-state index is -1.47. The topological polar surface area (TPSA) is 149 Å². The molecule has 0 amide bonds. The van der Waals surface area contributed by atoms with Crippen LogP contribution in [-0.4, -0.2) is 75.6 Å². The molecule has 2 saturated heterocycles. The van der Waals surface area contributed by atoms with Gasteiger partial charge in [-0.15, -0.1) is 0 Å². The van der Waals surface area contributed by atoms with Crippen molar-refractivity contribution >= 4 is 18.2 Å². The van der Waals surface area contributed by atoms with Crippen LogP contribution in [0.2, 0.25) is 0 Å². The van der Waals surface area contributed by atoms with Gasteiger partial charge in [0, 0.05) is 59.3 Å². The lowest BCUT2D eigenvalue weighted by Crippen LogP contribution is -2.60. The van der Waals surface area contributed by atoms with E-state index < -0.39 is 47.8 Å². The average Bonchev–Trinajstić information content (AvgIpc) is 2.75. The molecule has 2 rings (SSSR count). The van der Waals surface area contributed by atoms with Crippen molar-refractivity contribution in [3.05, 3.63) is 0 Å². The van der Waals surface area contributed by atoms with Crippen LogP contribution in [0.15, 0.2) is 0 Å². The first-order chi connectivity index (χ1) is 20.3. The van der Waals surface area contributed by atoms with Gasteiger partial charge in [0.2, 0.25) is 0 Å². The maximum Gasteiger partial charge on any atom is 0.310 e. The highest BCUT2D eigenvalue weighted by atomic mass is 16.6. The number of piperidine rings is 2. The van der Waals surface area contributed by atoms with Crippen LogP contribution in [0.1, 0.15) is 134 Å². The van der Waals surface area contributed by atoms with E-state index in [1.54, 1.807) is 0 Å². The summed E-state index contributed by atoms with van der Waals surface area (Å²) in [6.07, 6.45) is 0.986. The number of rotatable bonds is 15. The molecule has 0 aromatic rings. The molecule has 2 fully saturated rings. The lowest BCUT2D eigenvalue weighted by molar-refractivity contribution is -0.203. The highest BCUT2D eigenvalue weighted by molar-refractivity contribution is 5.81. The highest BCUT2D eigenvalue weighted by Crippen LogP contribution is 2.36. The Kier molecular flexibility index (Phi) is 13.3. The standard InChI is InChI=1S/C35H65N3O7/c1-22(2)15-23(17-31(3,4)36)43-28(40)16-27(30(42)45-25-20-34(9,10)38-35(11,12)21-25)26(13-14-39)29(41)44-24-18-32(5,6)37-33(7,8)19-24/h14,22-27,29,37-38,41H,13,15-21,36H2,1-12H3. The first-order valence-corrected chi connectivity index (χ1v) is 16.9. The van der Waals surface area contributed by atoms with Gasteiger partial charge >= 0.3 is 11.9 Å². The summed E-state index contributed by atoms with van der Waals surface area (Å²) in [5.41, 5.74) is 4.67. The van der Waals surface area contributed by atoms with Crippen molar-refractivity contribution in [3.8, 4) is 0 Å². The normalized spacial score (nSPS) is 24.3. The number of esters is 2. The molecule has 0 saturated carbocycles. The third-order valence-corrected chi connectivity index (χ3v) is 8.65. The Morgan fingerprint density at radius 1 is 0.911 bits per heavy atom. The predicted octanol–water partition coefficient (Wildman–Crippen LogP) is 4.78. The van der Waals surface area contributed by atoms with Crippen LogP contribution in [-0.2, 0) is 28.6 Å². The molecular formula is C35H65N3O7. The summed E-state index contributed by atoms with van der Waals surface area (Å²) in [5, 5.41) is 18.7. The second-order valence-electron chi connectivity index (χ2n) is 17.6. The van der Waals surface area contributed by atoms with Crippen molar-refractivity contribution in [1.29, 1.82) is 0 Å². The maximum atomic E-state index is 14.0. The lowest BCUT2D eigenvalue weighted by Gasteiger charge is -2.47. The number of carbonyl (C=O) groups excluding carboxylic acids is 3. The van der Waals surface area contributed by atoms with E-state index in [-0.39, 0.29) is 47.0 Å². The van der Waals surface area contributed by atoms with Crippen LogP contribution >= 0.6 is 0 Å². The van der Waals surface area contributed by atoms with Crippen molar-refractivity contribution in [2.75, 3.05) is 0 Å². The molecule has 0 bridgehead atoms. The second-order valence-corrected chi connectivity index (χ2v) is 17.6. The van der Waals surface area contributed by atoms with Crippen LogP contribution in [0.5, 0.6) is 0 Å². The molecule has 10 nitrogen and oxygen atoms in total. The van der Waals surface area contributed by atoms with E-state index in [1.807, 2.05) is 27.7 Å². The number of nitrogens with two attached hydrogens (primary N) is 1. The van der Waals surface area contributed by atoms with Crippen LogP contribution in [0.4, 0.5) is 0 Å². The Labute approximate surface area is 272 Å². The maximum absolute atomic E-state index is 14.0. The van der Waals surface area contributed by atoms with E-state index in [0.29, 0.717) is 44.8 Å². The Morgan fingerprint density at radius 3 is 1.80 bits per heavy atom. The number of aliphatic hydroxyl groups excluding tert-OH is 1. The fourth-order valence-corrected chi connectivity index (χ4v) is 7.89. The van der Waals surface area contributed by atoms with Gasteiger partial charge in [0.25, 0.3) is 0 Å². The molecule has 5 N–H and O–H groups in total. The zero-order valence-electron chi connectivity index (χ0n) is 30.2. The molecule has 0 aromatic carbocycles. The molecule has 4 atom stereocenters. The van der Waals surface area contributed by atoms with Crippen molar-refractivity contribution in [1.82, 2.24) is 10.6 Å². The summed E-state index contributed by atoms with van der Waals surface area (Å²) < 4.78 is 18.3. The molecule has 4 unspecified atom stereocenters. The van der Waals surface area contributed by atoms with E-state index in [0.717, 1.165) is 0 Å². The molecule has 0 spiro atoms. The molecular weight excluding hydrogens is 574 g/mol. The number of nitrogens with one attached hydrogen (secondary N) is 2. The number of ether oxygens (including phenoxy) is 3. The predicted molar refractivity (Wildman–Crippen MR) is 176 cm³/mol. The van der Waals surface area contributed by atoms with E-state index in [2.05, 4.69) is 66.0 Å². The Hall–Kier alpha value is -1.59. The smallest absolute Gasteiger partial charge is 0.310 e. The fraction of sp³-hybridized carbons (Fsp3) is 0.914. The number of carbonyl (C=O) groups is 3. The van der Waals surface area contributed by atoms with Crippen molar-refractivity contribution in [2.45, 2.75) is 187 Å². The number of hydrogen-bond acceptors (Lipinski definition) is 10. The first-order valence-electron chi connectivity index (χ1n) is 16.9. The molecule has 0 radical (unpaired) electrons. The van der Waals surface area contributed by atoms with Crippen molar-refractivity contribution < 1.29 is 33.7 Å². The molecule has 45 heavy (non-hydrogen) atoms. The SMILES string of the molecule is CC(C)CC(CC(C)(C)N)OC(=O)CC(C(=O)OC1CC(C)(C)NC(C)(C)C1)C(CC=O)C(O)OC1CC(C)(C)NC(C)(C)C1. The largest absolute Gasteiger partial charge is 0.462 e. The van der Waals surface area contributed by atoms with Gasteiger partial charge in [0.05, 0.1) is 18.4 Å². The minimum Gasteiger partial charge on any atom is -0.462 e. The van der Waals surface area contributed by atoms with E-state index in [9.17, 15) is 19.5 Å². The fourth-order valence-electron chi connectivity index (χ4n) is 7.89. The van der Waals surface area contributed by atoms with Crippen LogP contribution in [0.25, 0.3) is 0 Å². The monoisotopic (exact) mass is 639 g/mol. The van der Waals surface area contributed by atoms with Gasteiger partial charge in [-0.05, 0) is 94.4 Å². The molecule has 2 aliphatic heterocycles. The van der Waals surface area contributed by atoms with E-state index in [4.69, 9.17) is 19.9 Å². The zero-order chi connectivity index (χ0) is 34.6. The second kappa shape index (κ2) is 15.1. The number of aldehydes is 1. The van der Waals surface area contributed by atoms with Crippen LogP contribution in [0, 0.1) is 17.8 Å². The van der Waals surface area contributed by atoms with Gasteiger partial charge in [-0.2, -0.15) is 0 Å². The quantitative estimate of drug-likeness (QED) is 0.112. The molecule has 0 aliphatic carbocycles. The molecule has 0 aromatic heterocycles. The van der Waals surface area contributed by atoms with Gasteiger partial charge in [0.1, 0.15) is 18.5 Å². The summed E-state index contributed by atoms with van der Waals surface area (Å²) >= 11 is 0. The zero-order valence-corrected chi connectivity index (χ0v) is 30.2. The van der Waals surface area contributed by atoms with Crippen LogP contribution < -0.4 is 16.4 Å². The third kappa shape index (κ3) is 14.0. The van der Waals surface area contributed by atoms with Gasteiger partial charge < -0.3 is 40.5 Å². The molecule has 2 heterocycles. The summed E-state index contributed by atoms with van der Waals surface area (Å²) in [5.74, 6) is -3.11. The summed E-state index contributed by atoms with van der Waals surface area (Å²) in [7, 11) is 0. The molecule has 10 heteroatoms. The average molecular weight is 640 g/mol. The summed E-state index contributed by atoms with van der Waals surface area (Å²) in [4.78, 5) is 39.5. The highest BCUT2D eigenvalue weighted by Gasteiger charge is 2.45. The van der Waals surface area contributed by atoms with Gasteiger partial charge in [-0.3, -0.25) is 9.59 Å². The molecule has 2 aliphatic rings. The third-order valence-electron chi connectivity index (χ3n) is 8.65.